The van der Waals surface area contributed by atoms with Crippen LogP contribution in [0.15, 0.2) is 82.8 Å². The second kappa shape index (κ2) is 16.7. The number of isothiocyanates is 1. The van der Waals surface area contributed by atoms with Crippen molar-refractivity contribution in [2.24, 2.45) is 15.4 Å². The standard InChI is InChI=1S/C27H26N2O2.C2H6OS.CNS.Mn/c1-27(2,17-28-15-23-21-9-5-3-7-19(21)11-13-25(23)30)18-29-16-24-22-10-6-4-8-20(22)12-14-26(24)31;1-4(2)3;2-1-3;/h3-16,30-31H,17-18H2,1-2H3;1-2H3;;/q;;-1;+3/p-2. The summed E-state index contributed by atoms with van der Waals surface area (Å²) in [6.45, 7) is 5.19. The second-order valence-electron chi connectivity index (χ2n) is 9.33. The number of nitrogens with zero attached hydrogens (tertiary/aromatic N) is 3. The summed E-state index contributed by atoms with van der Waals surface area (Å²) in [5, 5.41) is 37.0. The minimum absolute atomic E-state index is 0. The fourth-order valence-electron chi connectivity index (χ4n) is 3.64. The molecule has 0 unspecified atom stereocenters. The van der Waals surface area contributed by atoms with Gasteiger partial charge in [-0.15, -0.1) is 0 Å². The number of aliphatic imine (C=N–C) groups is 2. The van der Waals surface area contributed by atoms with Gasteiger partial charge < -0.3 is 15.6 Å². The van der Waals surface area contributed by atoms with Crippen LogP contribution in [-0.4, -0.2) is 47.4 Å². The van der Waals surface area contributed by atoms with Gasteiger partial charge in [-0.1, -0.05) is 110 Å². The number of rotatable bonds is 6. The summed E-state index contributed by atoms with van der Waals surface area (Å²) >= 11 is 3.70. The van der Waals surface area contributed by atoms with Crippen LogP contribution in [0.25, 0.3) is 27.0 Å². The van der Waals surface area contributed by atoms with Crippen molar-refractivity contribution in [3.8, 4) is 11.5 Å². The zero-order valence-corrected chi connectivity index (χ0v) is 25.1. The van der Waals surface area contributed by atoms with Crippen molar-refractivity contribution < 1.29 is 31.5 Å². The molecule has 0 saturated heterocycles. The van der Waals surface area contributed by atoms with Crippen molar-refractivity contribution in [2.45, 2.75) is 13.8 Å². The van der Waals surface area contributed by atoms with E-state index >= 15 is 0 Å². The minimum atomic E-state index is -0.611. The summed E-state index contributed by atoms with van der Waals surface area (Å²) in [5.74, 6) is -0.0607. The van der Waals surface area contributed by atoms with Gasteiger partial charge in [0.25, 0.3) is 0 Å². The monoisotopic (exact) mass is 599 g/mol. The summed E-state index contributed by atoms with van der Waals surface area (Å²) < 4.78 is 9.56. The van der Waals surface area contributed by atoms with Gasteiger partial charge >= 0.3 is 17.1 Å². The number of hydrogen-bond acceptors (Lipinski definition) is 6. The Labute approximate surface area is 248 Å². The summed E-state index contributed by atoms with van der Waals surface area (Å²) in [6, 6.07) is 22.5. The Hall–Kier alpha value is -3.19. The maximum absolute atomic E-state index is 12.3. The van der Waals surface area contributed by atoms with E-state index in [1.807, 2.05) is 60.7 Å². The molecule has 0 atom stereocenters. The molecule has 202 valence electrons. The molecule has 0 aliphatic carbocycles. The van der Waals surface area contributed by atoms with Crippen LogP contribution >= 0.6 is 12.2 Å². The molecule has 0 N–H and O–H groups in total. The Morgan fingerprint density at radius 3 is 1.51 bits per heavy atom. The van der Waals surface area contributed by atoms with Gasteiger partial charge in [-0.3, -0.25) is 14.2 Å². The molecule has 4 rings (SSSR count). The van der Waals surface area contributed by atoms with E-state index in [1.54, 1.807) is 37.1 Å². The molecule has 0 heterocycles. The Balaban J connectivity index is 0.000000856. The van der Waals surface area contributed by atoms with Crippen molar-refractivity contribution >= 4 is 62.2 Å². The molecule has 4 aromatic carbocycles. The molecule has 4 aromatic rings. The van der Waals surface area contributed by atoms with Crippen molar-refractivity contribution in [2.75, 3.05) is 25.6 Å². The van der Waals surface area contributed by atoms with Crippen molar-refractivity contribution in [1.82, 2.24) is 0 Å². The first-order chi connectivity index (χ1) is 18.1. The molecular weight excluding hydrogens is 569 g/mol. The molecule has 0 aliphatic rings. The van der Waals surface area contributed by atoms with E-state index in [0.717, 1.165) is 21.5 Å². The van der Waals surface area contributed by atoms with Crippen LogP contribution in [0.1, 0.15) is 25.0 Å². The van der Waals surface area contributed by atoms with Crippen molar-refractivity contribution in [1.29, 1.82) is 0 Å². The third-order valence-electron chi connectivity index (χ3n) is 5.34. The van der Waals surface area contributed by atoms with Gasteiger partial charge in [0.2, 0.25) is 0 Å². The number of fused-ring (bicyclic) bond motifs is 2. The second-order valence-corrected chi connectivity index (χ2v) is 11.0. The van der Waals surface area contributed by atoms with Crippen LogP contribution in [-0.2, 0) is 27.9 Å². The first kappa shape index (κ1) is 33.8. The molecule has 6 nitrogen and oxygen atoms in total. The molecule has 0 amide bonds. The molecule has 0 fully saturated rings. The molecular formula is C30H30MnN3O3S2. The molecule has 0 saturated carbocycles. The first-order valence-electron chi connectivity index (χ1n) is 11.7. The Bertz CT molecular complexity index is 1390. The summed E-state index contributed by atoms with van der Waals surface area (Å²) in [7, 11) is -0.611. The number of thiocarbonyl (C=S) groups is 1. The van der Waals surface area contributed by atoms with E-state index in [2.05, 4.69) is 36.1 Å². The summed E-state index contributed by atoms with van der Waals surface area (Å²) in [6.07, 6.45) is 6.63. The third kappa shape index (κ3) is 10.8. The van der Waals surface area contributed by atoms with Gasteiger partial charge in [0.1, 0.15) is 0 Å². The normalized spacial score (nSPS) is 11.0. The fourth-order valence-corrected chi connectivity index (χ4v) is 3.64. The number of hydrogen-bond donors (Lipinski definition) is 0. The molecule has 0 aromatic heterocycles. The van der Waals surface area contributed by atoms with E-state index < -0.39 is 10.8 Å². The predicted octanol–water partition coefficient (Wildman–Crippen LogP) is 5.36. The molecule has 39 heavy (non-hydrogen) atoms. The Kier molecular flexibility index (Phi) is 14.5. The molecule has 0 spiro atoms. The van der Waals surface area contributed by atoms with Crippen LogP contribution in [0.5, 0.6) is 11.5 Å². The first-order valence-corrected chi connectivity index (χ1v) is 14.1. The molecule has 0 aliphatic heterocycles. The van der Waals surface area contributed by atoms with E-state index in [4.69, 9.17) is 5.41 Å². The minimum Gasteiger partial charge on any atom is -0.872 e. The quantitative estimate of drug-likeness (QED) is 0.169. The summed E-state index contributed by atoms with van der Waals surface area (Å²) in [4.78, 5) is 9.11. The summed E-state index contributed by atoms with van der Waals surface area (Å²) in [5.41, 5.74) is 1.02. The van der Waals surface area contributed by atoms with Crippen molar-refractivity contribution in [3.63, 3.8) is 0 Å². The Morgan fingerprint density at radius 2 is 1.15 bits per heavy atom. The van der Waals surface area contributed by atoms with Crippen LogP contribution in [0, 0.1) is 5.41 Å². The molecule has 9 heteroatoms. The van der Waals surface area contributed by atoms with E-state index in [9.17, 15) is 14.4 Å². The van der Waals surface area contributed by atoms with Gasteiger partial charge in [-0.2, -0.15) is 5.16 Å². The van der Waals surface area contributed by atoms with E-state index in [0.29, 0.717) is 24.2 Å². The van der Waals surface area contributed by atoms with Gasteiger partial charge in [-0.25, -0.2) is 0 Å². The Morgan fingerprint density at radius 1 is 0.821 bits per heavy atom. The maximum atomic E-state index is 12.3. The van der Waals surface area contributed by atoms with Crippen LogP contribution < -0.4 is 10.2 Å². The van der Waals surface area contributed by atoms with Gasteiger partial charge in [0, 0.05) is 54.2 Å². The predicted molar refractivity (Wildman–Crippen MR) is 161 cm³/mol. The average molecular weight is 600 g/mol. The van der Waals surface area contributed by atoms with Crippen LogP contribution in [0.2, 0.25) is 0 Å². The molecule has 0 bridgehead atoms. The van der Waals surface area contributed by atoms with Gasteiger partial charge in [-0.05, 0) is 32.7 Å². The maximum Gasteiger partial charge on any atom is 3.00 e. The SMILES string of the molecule is CC(C)(CN=Cc1c([O-])ccc2ccccc12)CN=Cc1c([O-])ccc2ccccc12.CS(C)=O.[Mn+3].[N-]=C=S. The third-order valence-corrected chi connectivity index (χ3v) is 5.34. The van der Waals surface area contributed by atoms with Crippen LogP contribution in [0.4, 0.5) is 0 Å². The van der Waals surface area contributed by atoms with Crippen molar-refractivity contribution in [3.05, 3.63) is 89.3 Å². The molecule has 0 radical (unpaired) electrons. The van der Waals surface area contributed by atoms with E-state index in [-0.39, 0.29) is 34.0 Å². The largest absolute Gasteiger partial charge is 3.00 e. The van der Waals surface area contributed by atoms with Crippen LogP contribution in [0.3, 0.4) is 0 Å². The van der Waals surface area contributed by atoms with Gasteiger partial charge in [0.05, 0.1) is 0 Å². The average Bonchev–Trinajstić information content (AvgIpc) is 2.87. The topological polar surface area (TPSA) is 110 Å². The van der Waals surface area contributed by atoms with Gasteiger partial charge in [0.15, 0.2) is 0 Å². The number of benzene rings is 4. The van der Waals surface area contributed by atoms with E-state index in [1.165, 1.54) is 5.16 Å². The smallest absolute Gasteiger partial charge is 0.872 e. The zero-order valence-electron chi connectivity index (χ0n) is 22.3. The fraction of sp³-hybridized carbons (Fsp3) is 0.233. The zero-order chi connectivity index (χ0) is 28.1.